The molecular formula is C24H22Cl2N2O. The number of nitrogens with two attached hydrogens (primary N) is 1. The summed E-state index contributed by atoms with van der Waals surface area (Å²) >= 11 is 12.3. The second kappa shape index (κ2) is 8.10. The number of hydrogen-bond donors (Lipinski definition) is 1. The third-order valence-electron chi connectivity index (χ3n) is 5.36. The molecule has 4 aromatic rings. The first-order valence-electron chi connectivity index (χ1n) is 9.77. The molecule has 0 radical (unpaired) electrons. The summed E-state index contributed by atoms with van der Waals surface area (Å²) in [5, 5.41) is 3.01. The number of aromatic nitrogens is 1. The SMILES string of the molecule is CCCCc1ccc2c3c(C(N)=O)cccc3n(Cc3ccc(Cl)c(Cl)c3)c2c1. The van der Waals surface area contributed by atoms with Crippen LogP contribution in [0.1, 0.15) is 41.3 Å². The molecule has 29 heavy (non-hydrogen) atoms. The minimum Gasteiger partial charge on any atom is -0.366 e. The van der Waals surface area contributed by atoms with E-state index in [-0.39, 0.29) is 0 Å². The number of carbonyl (C=O) groups excluding carboxylic acids is 1. The Hall–Kier alpha value is -2.49. The van der Waals surface area contributed by atoms with E-state index in [1.165, 1.54) is 5.56 Å². The van der Waals surface area contributed by atoms with Crippen LogP contribution in [0.15, 0.2) is 54.6 Å². The number of halogens is 2. The summed E-state index contributed by atoms with van der Waals surface area (Å²) in [7, 11) is 0. The van der Waals surface area contributed by atoms with Crippen LogP contribution in [0, 0.1) is 0 Å². The number of benzene rings is 3. The Kier molecular flexibility index (Phi) is 5.53. The Labute approximate surface area is 180 Å². The molecule has 0 spiro atoms. The minimum atomic E-state index is -0.417. The van der Waals surface area contributed by atoms with Gasteiger partial charge in [0, 0.05) is 28.4 Å². The van der Waals surface area contributed by atoms with Crippen molar-refractivity contribution in [2.75, 3.05) is 0 Å². The second-order valence-corrected chi connectivity index (χ2v) is 8.17. The van der Waals surface area contributed by atoms with Crippen LogP contribution in [-0.4, -0.2) is 10.5 Å². The van der Waals surface area contributed by atoms with E-state index in [2.05, 4.69) is 29.7 Å². The fourth-order valence-electron chi connectivity index (χ4n) is 3.92. The molecule has 0 bridgehead atoms. The van der Waals surface area contributed by atoms with Gasteiger partial charge in [0.05, 0.1) is 15.6 Å². The van der Waals surface area contributed by atoms with Gasteiger partial charge in [-0.1, -0.05) is 60.8 Å². The van der Waals surface area contributed by atoms with Crippen molar-refractivity contribution >= 4 is 50.9 Å². The number of carbonyl (C=O) groups is 1. The molecule has 3 aromatic carbocycles. The van der Waals surface area contributed by atoms with Crippen LogP contribution >= 0.6 is 23.2 Å². The summed E-state index contributed by atoms with van der Waals surface area (Å²) < 4.78 is 2.23. The van der Waals surface area contributed by atoms with Crippen LogP contribution in [0.5, 0.6) is 0 Å². The normalized spacial score (nSPS) is 11.4. The summed E-state index contributed by atoms with van der Waals surface area (Å²) in [5.41, 5.74) is 10.6. The van der Waals surface area contributed by atoms with Gasteiger partial charge in [-0.05, 0) is 54.3 Å². The van der Waals surface area contributed by atoms with E-state index in [4.69, 9.17) is 28.9 Å². The predicted molar refractivity (Wildman–Crippen MR) is 122 cm³/mol. The second-order valence-electron chi connectivity index (χ2n) is 7.35. The van der Waals surface area contributed by atoms with E-state index < -0.39 is 5.91 Å². The number of fused-ring (bicyclic) bond motifs is 3. The quantitative estimate of drug-likeness (QED) is 0.372. The first-order chi connectivity index (χ1) is 14.0. The molecule has 0 unspecified atom stereocenters. The van der Waals surface area contributed by atoms with Crippen LogP contribution in [0.3, 0.4) is 0 Å². The Balaban J connectivity index is 1.96. The molecule has 2 N–H and O–H groups in total. The molecule has 1 amide bonds. The molecule has 0 aliphatic carbocycles. The number of rotatable bonds is 6. The van der Waals surface area contributed by atoms with Gasteiger partial charge in [-0.3, -0.25) is 4.79 Å². The first kappa shape index (κ1) is 19.8. The lowest BCUT2D eigenvalue weighted by Crippen LogP contribution is -2.11. The van der Waals surface area contributed by atoms with Gasteiger partial charge in [0.1, 0.15) is 0 Å². The molecule has 3 nitrogen and oxygen atoms in total. The van der Waals surface area contributed by atoms with Crippen molar-refractivity contribution in [3.63, 3.8) is 0 Å². The molecule has 0 saturated heterocycles. The molecule has 0 aliphatic rings. The molecule has 0 saturated carbocycles. The highest BCUT2D eigenvalue weighted by Crippen LogP contribution is 2.34. The Morgan fingerprint density at radius 2 is 1.76 bits per heavy atom. The van der Waals surface area contributed by atoms with Crippen LogP contribution in [0.2, 0.25) is 10.0 Å². The van der Waals surface area contributed by atoms with Crippen LogP contribution in [0.25, 0.3) is 21.8 Å². The average molecular weight is 425 g/mol. The largest absolute Gasteiger partial charge is 0.366 e. The first-order valence-corrected chi connectivity index (χ1v) is 10.5. The maximum absolute atomic E-state index is 12.1. The lowest BCUT2D eigenvalue weighted by atomic mass is 10.0. The van der Waals surface area contributed by atoms with Gasteiger partial charge >= 0.3 is 0 Å². The zero-order chi connectivity index (χ0) is 20.5. The number of aryl methyl sites for hydroxylation is 1. The minimum absolute atomic E-state index is 0.417. The smallest absolute Gasteiger partial charge is 0.249 e. The number of primary amides is 1. The zero-order valence-electron chi connectivity index (χ0n) is 16.2. The molecule has 4 rings (SSSR count). The van der Waals surface area contributed by atoms with Gasteiger partial charge in [0.2, 0.25) is 5.91 Å². The molecule has 1 aromatic heterocycles. The Bertz CT molecular complexity index is 1230. The highest BCUT2D eigenvalue weighted by molar-refractivity contribution is 6.42. The Morgan fingerprint density at radius 1 is 0.966 bits per heavy atom. The number of hydrogen-bond acceptors (Lipinski definition) is 1. The Morgan fingerprint density at radius 3 is 2.48 bits per heavy atom. The molecule has 1 heterocycles. The van der Waals surface area contributed by atoms with Crippen molar-refractivity contribution in [2.45, 2.75) is 32.7 Å². The van der Waals surface area contributed by atoms with Crippen molar-refractivity contribution in [2.24, 2.45) is 5.73 Å². The average Bonchev–Trinajstić information content (AvgIpc) is 3.02. The zero-order valence-corrected chi connectivity index (χ0v) is 17.7. The van der Waals surface area contributed by atoms with Crippen LogP contribution in [-0.2, 0) is 13.0 Å². The predicted octanol–water partition coefficient (Wildman–Crippen LogP) is 6.59. The van der Waals surface area contributed by atoms with Crippen molar-refractivity contribution in [3.8, 4) is 0 Å². The highest BCUT2D eigenvalue weighted by Gasteiger charge is 2.17. The molecule has 5 heteroatoms. The molecule has 0 atom stereocenters. The third-order valence-corrected chi connectivity index (χ3v) is 6.10. The molecular weight excluding hydrogens is 403 g/mol. The maximum Gasteiger partial charge on any atom is 0.249 e. The van der Waals surface area contributed by atoms with E-state index >= 15 is 0 Å². The highest BCUT2D eigenvalue weighted by atomic mass is 35.5. The van der Waals surface area contributed by atoms with Crippen LogP contribution < -0.4 is 5.73 Å². The monoisotopic (exact) mass is 424 g/mol. The van der Waals surface area contributed by atoms with E-state index in [1.54, 1.807) is 6.07 Å². The van der Waals surface area contributed by atoms with Crippen LogP contribution in [0.4, 0.5) is 0 Å². The maximum atomic E-state index is 12.1. The lowest BCUT2D eigenvalue weighted by molar-refractivity contribution is 0.100. The van der Waals surface area contributed by atoms with Crippen molar-refractivity contribution in [1.82, 2.24) is 4.57 Å². The lowest BCUT2D eigenvalue weighted by Gasteiger charge is -2.10. The number of unbranched alkanes of at least 4 members (excludes halogenated alkanes) is 1. The van der Waals surface area contributed by atoms with Gasteiger partial charge in [0.25, 0.3) is 0 Å². The van der Waals surface area contributed by atoms with E-state index in [1.807, 2.05) is 30.3 Å². The summed E-state index contributed by atoms with van der Waals surface area (Å²) in [4.78, 5) is 12.1. The van der Waals surface area contributed by atoms with Gasteiger partial charge < -0.3 is 10.3 Å². The van der Waals surface area contributed by atoms with Crippen molar-refractivity contribution in [3.05, 3.63) is 81.3 Å². The summed E-state index contributed by atoms with van der Waals surface area (Å²) in [6.07, 6.45) is 3.32. The number of amides is 1. The van der Waals surface area contributed by atoms with E-state index in [0.717, 1.165) is 46.6 Å². The van der Waals surface area contributed by atoms with Gasteiger partial charge in [-0.15, -0.1) is 0 Å². The van der Waals surface area contributed by atoms with Gasteiger partial charge in [-0.2, -0.15) is 0 Å². The van der Waals surface area contributed by atoms with Crippen molar-refractivity contribution < 1.29 is 4.79 Å². The summed E-state index contributed by atoms with van der Waals surface area (Å²) in [6, 6.07) is 17.9. The number of nitrogens with zero attached hydrogens (tertiary/aromatic N) is 1. The molecule has 0 fully saturated rings. The third kappa shape index (κ3) is 3.73. The fraction of sp³-hybridized carbons (Fsp3) is 0.208. The molecule has 0 aliphatic heterocycles. The standard InChI is InChI=1S/C24H22Cl2N2O/c1-2-3-5-15-8-10-17-22(13-15)28(14-16-9-11-19(25)20(26)12-16)21-7-4-6-18(23(17)21)24(27)29/h4,6-13H,2-3,5,14H2,1H3,(H2,27,29). The topological polar surface area (TPSA) is 48.0 Å². The summed E-state index contributed by atoms with van der Waals surface area (Å²) in [5.74, 6) is -0.417. The summed E-state index contributed by atoms with van der Waals surface area (Å²) in [6.45, 7) is 2.81. The van der Waals surface area contributed by atoms with E-state index in [0.29, 0.717) is 22.2 Å². The van der Waals surface area contributed by atoms with E-state index in [9.17, 15) is 4.79 Å². The van der Waals surface area contributed by atoms with Crippen molar-refractivity contribution in [1.29, 1.82) is 0 Å². The molecule has 148 valence electrons. The van der Waals surface area contributed by atoms with Gasteiger partial charge in [0.15, 0.2) is 0 Å². The fourth-order valence-corrected chi connectivity index (χ4v) is 4.24. The van der Waals surface area contributed by atoms with Gasteiger partial charge in [-0.25, -0.2) is 0 Å².